The van der Waals surface area contributed by atoms with E-state index in [0.29, 0.717) is 12.2 Å². The lowest BCUT2D eigenvalue weighted by molar-refractivity contribution is -0.117. The molecule has 3 heteroatoms. The molecule has 1 saturated heterocycles. The van der Waals surface area contributed by atoms with Gasteiger partial charge in [0.05, 0.1) is 5.25 Å². The van der Waals surface area contributed by atoms with Gasteiger partial charge in [0, 0.05) is 11.4 Å². The molecule has 0 saturated carbocycles. The van der Waals surface area contributed by atoms with Crippen molar-refractivity contribution < 1.29 is 4.79 Å². The second kappa shape index (κ2) is 5.24. The molecule has 0 N–H and O–H groups in total. The Bertz CT molecular complexity index is 397. The van der Waals surface area contributed by atoms with Crippen molar-refractivity contribution >= 4 is 29.1 Å². The summed E-state index contributed by atoms with van der Waals surface area (Å²) >= 11 is 7.91. The standard InChI is InChI=1S/C13H15ClOS/c1-9-4-5-10(11(14)7-9)8-12(15)13-3-2-6-16-13/h4-5,7,13H,2-3,6,8H2,1H3. The summed E-state index contributed by atoms with van der Waals surface area (Å²) < 4.78 is 0. The lowest BCUT2D eigenvalue weighted by Crippen LogP contribution is -2.16. The molecule has 1 unspecified atom stereocenters. The first kappa shape index (κ1) is 12.0. The molecule has 1 heterocycles. The van der Waals surface area contributed by atoms with Crippen molar-refractivity contribution in [3.05, 3.63) is 34.3 Å². The van der Waals surface area contributed by atoms with Crippen LogP contribution in [-0.2, 0) is 11.2 Å². The van der Waals surface area contributed by atoms with Crippen molar-refractivity contribution in [1.29, 1.82) is 0 Å². The smallest absolute Gasteiger partial charge is 0.150 e. The molecule has 0 aliphatic carbocycles. The second-order valence-electron chi connectivity index (χ2n) is 4.24. The van der Waals surface area contributed by atoms with Crippen LogP contribution in [0.2, 0.25) is 5.02 Å². The molecule has 0 aromatic heterocycles. The topological polar surface area (TPSA) is 17.1 Å². The van der Waals surface area contributed by atoms with Crippen molar-refractivity contribution in [2.24, 2.45) is 0 Å². The highest BCUT2D eigenvalue weighted by atomic mass is 35.5. The molecule has 1 atom stereocenters. The molecule has 0 amide bonds. The fraction of sp³-hybridized carbons (Fsp3) is 0.462. The summed E-state index contributed by atoms with van der Waals surface area (Å²) in [7, 11) is 0. The average Bonchev–Trinajstić information content (AvgIpc) is 2.75. The number of benzene rings is 1. The highest BCUT2D eigenvalue weighted by Crippen LogP contribution is 2.28. The Labute approximate surface area is 106 Å². The summed E-state index contributed by atoms with van der Waals surface area (Å²) in [5.74, 6) is 1.45. The molecule has 1 aromatic carbocycles. The molecule has 16 heavy (non-hydrogen) atoms. The van der Waals surface area contributed by atoms with E-state index in [1.807, 2.05) is 25.1 Å². The third kappa shape index (κ3) is 2.80. The van der Waals surface area contributed by atoms with Crippen molar-refractivity contribution in [2.45, 2.75) is 31.4 Å². The minimum absolute atomic E-state index is 0.206. The first-order valence-corrected chi connectivity index (χ1v) is 6.99. The van der Waals surface area contributed by atoms with Crippen LogP contribution in [0.1, 0.15) is 24.0 Å². The number of carbonyl (C=O) groups is 1. The van der Waals surface area contributed by atoms with E-state index in [0.717, 1.165) is 28.3 Å². The van der Waals surface area contributed by atoms with Gasteiger partial charge in [0.15, 0.2) is 0 Å². The zero-order chi connectivity index (χ0) is 11.5. The maximum absolute atomic E-state index is 12.0. The molecule has 1 nitrogen and oxygen atoms in total. The lowest BCUT2D eigenvalue weighted by atomic mass is 10.0. The predicted octanol–water partition coefficient (Wildman–Crippen LogP) is 3.66. The third-order valence-corrected chi connectivity index (χ3v) is 4.64. The van der Waals surface area contributed by atoms with Gasteiger partial charge in [-0.25, -0.2) is 0 Å². The summed E-state index contributed by atoms with van der Waals surface area (Å²) in [6, 6.07) is 5.90. The van der Waals surface area contributed by atoms with Crippen molar-refractivity contribution in [2.75, 3.05) is 5.75 Å². The maximum atomic E-state index is 12.0. The van der Waals surface area contributed by atoms with E-state index >= 15 is 0 Å². The maximum Gasteiger partial charge on any atom is 0.150 e. The molecular weight excluding hydrogens is 240 g/mol. The molecule has 0 spiro atoms. The number of Topliss-reactive ketones (excluding diaryl/α,β-unsaturated/α-hetero) is 1. The van der Waals surface area contributed by atoms with Crippen LogP contribution in [0, 0.1) is 6.92 Å². The zero-order valence-electron chi connectivity index (χ0n) is 9.33. The van der Waals surface area contributed by atoms with Crippen LogP contribution in [0.4, 0.5) is 0 Å². The van der Waals surface area contributed by atoms with E-state index in [1.54, 1.807) is 11.8 Å². The molecule has 1 aliphatic heterocycles. The second-order valence-corrected chi connectivity index (χ2v) is 5.96. The first-order chi connectivity index (χ1) is 7.66. The number of halogens is 1. The monoisotopic (exact) mass is 254 g/mol. The van der Waals surface area contributed by atoms with E-state index in [4.69, 9.17) is 11.6 Å². The van der Waals surface area contributed by atoms with Gasteiger partial charge in [-0.3, -0.25) is 4.79 Å². The van der Waals surface area contributed by atoms with E-state index in [2.05, 4.69) is 0 Å². The summed E-state index contributed by atoms with van der Waals surface area (Å²) in [5, 5.41) is 0.925. The van der Waals surface area contributed by atoms with Crippen molar-refractivity contribution in [3.8, 4) is 0 Å². The molecule has 1 aromatic rings. The van der Waals surface area contributed by atoms with Crippen LogP contribution in [0.15, 0.2) is 18.2 Å². The van der Waals surface area contributed by atoms with Crippen molar-refractivity contribution in [1.82, 2.24) is 0 Å². The lowest BCUT2D eigenvalue weighted by Gasteiger charge is -2.09. The number of carbonyl (C=O) groups excluding carboxylic acids is 1. The van der Waals surface area contributed by atoms with E-state index < -0.39 is 0 Å². The quantitative estimate of drug-likeness (QED) is 0.819. The average molecular weight is 255 g/mol. The van der Waals surface area contributed by atoms with Gasteiger partial charge in [0.1, 0.15) is 5.78 Å². The van der Waals surface area contributed by atoms with Gasteiger partial charge in [-0.05, 0) is 42.7 Å². The highest BCUT2D eigenvalue weighted by Gasteiger charge is 2.23. The zero-order valence-corrected chi connectivity index (χ0v) is 10.9. The fourth-order valence-electron chi connectivity index (χ4n) is 1.93. The Morgan fingerprint density at radius 1 is 1.56 bits per heavy atom. The van der Waals surface area contributed by atoms with Crippen LogP contribution in [0.25, 0.3) is 0 Å². The molecule has 0 bridgehead atoms. The van der Waals surface area contributed by atoms with Crippen LogP contribution in [0.5, 0.6) is 0 Å². The van der Waals surface area contributed by atoms with E-state index in [9.17, 15) is 4.79 Å². The number of hydrogen-bond acceptors (Lipinski definition) is 2. The minimum Gasteiger partial charge on any atom is -0.298 e. The SMILES string of the molecule is Cc1ccc(CC(=O)C2CCCS2)c(Cl)c1. The van der Waals surface area contributed by atoms with Crippen molar-refractivity contribution in [3.63, 3.8) is 0 Å². The number of rotatable bonds is 3. The van der Waals surface area contributed by atoms with E-state index in [-0.39, 0.29) is 5.25 Å². The van der Waals surface area contributed by atoms with Gasteiger partial charge in [-0.1, -0.05) is 23.7 Å². The van der Waals surface area contributed by atoms with Gasteiger partial charge in [-0.2, -0.15) is 11.8 Å². The normalized spacial score (nSPS) is 20.0. The summed E-state index contributed by atoms with van der Waals surface area (Å²) in [6.07, 6.45) is 2.69. The Kier molecular flexibility index (Phi) is 3.93. The Balaban J connectivity index is 2.05. The molecule has 0 radical (unpaired) electrons. The molecular formula is C13H15ClOS. The number of hydrogen-bond donors (Lipinski definition) is 0. The van der Waals surface area contributed by atoms with Crippen LogP contribution < -0.4 is 0 Å². The summed E-state index contributed by atoms with van der Waals surface area (Å²) in [6.45, 7) is 2.00. The number of ketones is 1. The molecule has 2 rings (SSSR count). The minimum atomic E-state index is 0.206. The first-order valence-electron chi connectivity index (χ1n) is 5.56. The Morgan fingerprint density at radius 2 is 2.38 bits per heavy atom. The van der Waals surface area contributed by atoms with Gasteiger partial charge >= 0.3 is 0 Å². The summed E-state index contributed by atoms with van der Waals surface area (Å²) in [5.41, 5.74) is 2.10. The largest absolute Gasteiger partial charge is 0.298 e. The number of aryl methyl sites for hydroxylation is 1. The van der Waals surface area contributed by atoms with Gasteiger partial charge in [-0.15, -0.1) is 0 Å². The Morgan fingerprint density at radius 3 is 3.00 bits per heavy atom. The third-order valence-electron chi connectivity index (χ3n) is 2.86. The molecule has 86 valence electrons. The van der Waals surface area contributed by atoms with Crippen LogP contribution >= 0.6 is 23.4 Å². The predicted molar refractivity (Wildman–Crippen MR) is 70.4 cm³/mol. The molecule has 1 fully saturated rings. The van der Waals surface area contributed by atoms with E-state index in [1.165, 1.54) is 6.42 Å². The fourth-order valence-corrected chi connectivity index (χ4v) is 3.45. The Hall–Kier alpha value is -0.470. The van der Waals surface area contributed by atoms with Gasteiger partial charge < -0.3 is 0 Å². The van der Waals surface area contributed by atoms with Gasteiger partial charge in [0.2, 0.25) is 0 Å². The summed E-state index contributed by atoms with van der Waals surface area (Å²) in [4.78, 5) is 12.0. The van der Waals surface area contributed by atoms with Crippen LogP contribution in [0.3, 0.4) is 0 Å². The molecule has 1 aliphatic rings. The van der Waals surface area contributed by atoms with Gasteiger partial charge in [0.25, 0.3) is 0 Å². The number of thioether (sulfide) groups is 1. The highest BCUT2D eigenvalue weighted by molar-refractivity contribution is 8.00. The van der Waals surface area contributed by atoms with Crippen LogP contribution in [-0.4, -0.2) is 16.8 Å².